The molecule has 0 aliphatic heterocycles. The third-order valence-corrected chi connectivity index (χ3v) is 5.84. The van der Waals surface area contributed by atoms with Gasteiger partial charge in [0.05, 0.1) is 0 Å². The Morgan fingerprint density at radius 1 is 0.909 bits per heavy atom. The molecule has 1 atom stereocenters. The molecule has 1 aromatic rings. The molecule has 0 bridgehead atoms. The smallest absolute Gasteiger partial charge is 0.00871 e. The Kier molecular flexibility index (Phi) is 3.78. The van der Waals surface area contributed by atoms with Gasteiger partial charge in [0.15, 0.2) is 0 Å². The Balaban J connectivity index is 1.69. The van der Waals surface area contributed by atoms with Gasteiger partial charge in [0.2, 0.25) is 0 Å². The molecule has 1 fully saturated rings. The van der Waals surface area contributed by atoms with Gasteiger partial charge in [-0.15, -0.1) is 0 Å². The van der Waals surface area contributed by atoms with Crippen molar-refractivity contribution >= 4 is 6.08 Å². The van der Waals surface area contributed by atoms with E-state index in [1.807, 2.05) is 0 Å². The molecule has 0 saturated heterocycles. The lowest BCUT2D eigenvalue weighted by Gasteiger charge is -2.35. The fourth-order valence-electron chi connectivity index (χ4n) is 4.64. The fraction of sp³-hybridized carbons (Fsp3) is 0.455. The van der Waals surface area contributed by atoms with Gasteiger partial charge in [0, 0.05) is 0 Å². The van der Waals surface area contributed by atoms with Crippen LogP contribution < -0.4 is 0 Å². The highest BCUT2D eigenvalue weighted by molar-refractivity contribution is 5.66. The zero-order valence-electron chi connectivity index (χ0n) is 13.6. The van der Waals surface area contributed by atoms with E-state index in [0.717, 1.165) is 18.3 Å². The molecule has 0 radical (unpaired) electrons. The van der Waals surface area contributed by atoms with Crippen LogP contribution in [0.25, 0.3) is 6.08 Å². The van der Waals surface area contributed by atoms with Crippen molar-refractivity contribution in [2.24, 2.45) is 5.92 Å². The van der Waals surface area contributed by atoms with E-state index in [4.69, 9.17) is 0 Å². The highest BCUT2D eigenvalue weighted by atomic mass is 14.3. The lowest BCUT2D eigenvalue weighted by Crippen LogP contribution is -2.20. The second-order valence-corrected chi connectivity index (χ2v) is 7.33. The Morgan fingerprint density at radius 3 is 2.50 bits per heavy atom. The van der Waals surface area contributed by atoms with E-state index >= 15 is 0 Å². The van der Waals surface area contributed by atoms with Gasteiger partial charge in [-0.3, -0.25) is 0 Å². The summed E-state index contributed by atoms with van der Waals surface area (Å²) in [5, 5.41) is 0. The van der Waals surface area contributed by atoms with Crippen molar-refractivity contribution in [1.29, 1.82) is 0 Å². The van der Waals surface area contributed by atoms with Crippen molar-refractivity contribution in [3.05, 3.63) is 64.3 Å². The molecule has 1 unspecified atom stereocenters. The van der Waals surface area contributed by atoms with Crippen LogP contribution in [-0.2, 0) is 0 Å². The molecule has 0 N–H and O–H groups in total. The molecule has 4 rings (SSSR count). The van der Waals surface area contributed by atoms with Crippen molar-refractivity contribution in [3.8, 4) is 0 Å². The van der Waals surface area contributed by atoms with Crippen LogP contribution >= 0.6 is 0 Å². The molecule has 0 aromatic heterocycles. The first-order valence-electron chi connectivity index (χ1n) is 8.98. The summed E-state index contributed by atoms with van der Waals surface area (Å²) in [7, 11) is 0. The summed E-state index contributed by atoms with van der Waals surface area (Å²) in [4.78, 5) is 0. The van der Waals surface area contributed by atoms with Crippen LogP contribution in [0.15, 0.2) is 53.1 Å². The summed E-state index contributed by atoms with van der Waals surface area (Å²) < 4.78 is 0. The third-order valence-electron chi connectivity index (χ3n) is 5.84. The highest BCUT2D eigenvalue weighted by Gasteiger charge is 2.30. The van der Waals surface area contributed by atoms with Crippen LogP contribution in [0, 0.1) is 5.92 Å². The normalized spacial score (nSPS) is 25.3. The average Bonchev–Trinajstić information content (AvgIpc) is 3.01. The fourth-order valence-corrected chi connectivity index (χ4v) is 4.64. The van der Waals surface area contributed by atoms with E-state index in [1.54, 1.807) is 16.7 Å². The summed E-state index contributed by atoms with van der Waals surface area (Å²) in [5.41, 5.74) is 7.69. The van der Waals surface area contributed by atoms with Gasteiger partial charge < -0.3 is 0 Å². The molecular weight excluding hydrogens is 264 g/mol. The Bertz CT molecular complexity index is 650. The Hall–Kier alpha value is -1.56. The molecule has 0 heterocycles. The summed E-state index contributed by atoms with van der Waals surface area (Å²) in [6, 6.07) is 9.13. The van der Waals surface area contributed by atoms with Crippen molar-refractivity contribution in [3.63, 3.8) is 0 Å². The van der Waals surface area contributed by atoms with Crippen molar-refractivity contribution in [1.82, 2.24) is 0 Å². The SMILES string of the molecule is CC1=CCC(C2=Cc3ccccc3C(C3CCCCC3)C2)=C1. The predicted octanol–water partition coefficient (Wildman–Crippen LogP) is 6.41. The molecule has 3 aliphatic rings. The molecule has 0 heteroatoms. The average molecular weight is 290 g/mol. The lowest BCUT2D eigenvalue weighted by molar-refractivity contribution is 0.301. The number of benzene rings is 1. The highest BCUT2D eigenvalue weighted by Crippen LogP contribution is 2.46. The first-order valence-corrected chi connectivity index (χ1v) is 8.98. The maximum Gasteiger partial charge on any atom is -0.00871 e. The summed E-state index contributed by atoms with van der Waals surface area (Å²) in [6.07, 6.45) is 16.8. The van der Waals surface area contributed by atoms with Crippen LogP contribution in [0.1, 0.15) is 68.9 Å². The van der Waals surface area contributed by atoms with Gasteiger partial charge in [-0.25, -0.2) is 0 Å². The first-order chi connectivity index (χ1) is 10.8. The molecule has 0 amide bonds. The van der Waals surface area contributed by atoms with E-state index in [-0.39, 0.29) is 0 Å². The standard InChI is InChI=1S/C22H26/c1-16-11-12-18(13-16)20-14-19-9-5-6-10-21(19)22(15-20)17-7-3-2-4-8-17/h5-6,9-11,13-14,17,22H,2-4,7-8,12,15H2,1H3. The van der Waals surface area contributed by atoms with Crippen LogP contribution in [0.3, 0.4) is 0 Å². The van der Waals surface area contributed by atoms with Crippen LogP contribution in [0.4, 0.5) is 0 Å². The summed E-state index contributed by atoms with van der Waals surface area (Å²) in [6.45, 7) is 2.23. The zero-order valence-corrected chi connectivity index (χ0v) is 13.6. The minimum Gasteiger partial charge on any atom is -0.0772 e. The van der Waals surface area contributed by atoms with Crippen molar-refractivity contribution in [2.75, 3.05) is 0 Å². The van der Waals surface area contributed by atoms with Gasteiger partial charge in [-0.05, 0) is 66.7 Å². The second kappa shape index (κ2) is 5.91. The maximum absolute atomic E-state index is 2.47. The molecule has 22 heavy (non-hydrogen) atoms. The molecule has 1 saturated carbocycles. The van der Waals surface area contributed by atoms with E-state index in [2.05, 4.69) is 49.4 Å². The van der Waals surface area contributed by atoms with Crippen molar-refractivity contribution < 1.29 is 0 Å². The van der Waals surface area contributed by atoms with Gasteiger partial charge in [-0.1, -0.05) is 67.3 Å². The topological polar surface area (TPSA) is 0 Å². The number of allylic oxidation sites excluding steroid dienone is 5. The monoisotopic (exact) mass is 290 g/mol. The number of hydrogen-bond donors (Lipinski definition) is 0. The molecular formula is C22H26. The molecule has 114 valence electrons. The van der Waals surface area contributed by atoms with Crippen LogP contribution in [0.2, 0.25) is 0 Å². The number of fused-ring (bicyclic) bond motifs is 1. The van der Waals surface area contributed by atoms with Crippen molar-refractivity contribution in [2.45, 2.75) is 57.8 Å². The van der Waals surface area contributed by atoms with E-state index in [0.29, 0.717) is 0 Å². The second-order valence-electron chi connectivity index (χ2n) is 7.33. The summed E-state index contributed by atoms with van der Waals surface area (Å²) in [5.74, 6) is 1.65. The Labute approximate surface area is 134 Å². The number of rotatable bonds is 2. The van der Waals surface area contributed by atoms with E-state index in [9.17, 15) is 0 Å². The largest absolute Gasteiger partial charge is 0.0772 e. The quantitative estimate of drug-likeness (QED) is 0.590. The zero-order chi connectivity index (χ0) is 14.9. The van der Waals surface area contributed by atoms with Crippen LogP contribution in [-0.4, -0.2) is 0 Å². The summed E-state index contributed by atoms with van der Waals surface area (Å²) >= 11 is 0. The Morgan fingerprint density at radius 2 is 1.73 bits per heavy atom. The molecule has 0 spiro atoms. The molecule has 0 nitrogen and oxygen atoms in total. The van der Waals surface area contributed by atoms with Gasteiger partial charge >= 0.3 is 0 Å². The van der Waals surface area contributed by atoms with E-state index in [1.165, 1.54) is 49.7 Å². The van der Waals surface area contributed by atoms with Crippen LogP contribution in [0.5, 0.6) is 0 Å². The lowest BCUT2D eigenvalue weighted by atomic mass is 9.70. The first kappa shape index (κ1) is 14.1. The minimum absolute atomic E-state index is 0.748. The molecule has 3 aliphatic carbocycles. The maximum atomic E-state index is 2.47. The van der Waals surface area contributed by atoms with Gasteiger partial charge in [-0.2, -0.15) is 0 Å². The number of hydrogen-bond acceptors (Lipinski definition) is 0. The van der Waals surface area contributed by atoms with Gasteiger partial charge in [0.1, 0.15) is 0 Å². The molecule has 1 aromatic carbocycles. The van der Waals surface area contributed by atoms with Gasteiger partial charge in [0.25, 0.3) is 0 Å². The minimum atomic E-state index is 0.748. The third kappa shape index (κ3) is 2.60. The van der Waals surface area contributed by atoms with E-state index < -0.39 is 0 Å². The predicted molar refractivity (Wildman–Crippen MR) is 94.8 cm³/mol.